The van der Waals surface area contributed by atoms with Crippen molar-refractivity contribution >= 4 is 29.3 Å². The Kier molecular flexibility index (Phi) is 10.7. The van der Waals surface area contributed by atoms with Crippen molar-refractivity contribution < 1.29 is 29.0 Å². The quantitative estimate of drug-likeness (QED) is 0.306. The van der Waals surface area contributed by atoms with E-state index in [1.807, 2.05) is 12.1 Å². The van der Waals surface area contributed by atoms with Crippen LogP contribution in [-0.4, -0.2) is 42.6 Å². The van der Waals surface area contributed by atoms with Crippen LogP contribution in [0.4, 0.5) is 0 Å². The second-order valence-electron chi connectivity index (χ2n) is 8.57. The first-order valence-electron chi connectivity index (χ1n) is 11.4. The van der Waals surface area contributed by atoms with Crippen LogP contribution in [0, 0.1) is 6.92 Å². The number of carbonyl (C=O) groups is 3. The van der Waals surface area contributed by atoms with Gasteiger partial charge >= 0.3 is 11.9 Å². The number of ketones is 1. The van der Waals surface area contributed by atoms with Gasteiger partial charge in [0, 0.05) is 17.9 Å². The number of ether oxygens (including phenoxy) is 2. The fraction of sp³-hybridized carbons (Fsp3) is 0.444. The Morgan fingerprint density at radius 1 is 0.912 bits per heavy atom. The highest BCUT2D eigenvalue weighted by molar-refractivity contribution is 6.30. The second kappa shape index (κ2) is 13.3. The summed E-state index contributed by atoms with van der Waals surface area (Å²) in [5.74, 6) is -2.09. The maximum absolute atomic E-state index is 12.3. The molecule has 0 bridgehead atoms. The molecule has 34 heavy (non-hydrogen) atoms. The van der Waals surface area contributed by atoms with Crippen molar-refractivity contribution in [1.29, 1.82) is 0 Å². The molecule has 1 atom stereocenters. The zero-order valence-corrected chi connectivity index (χ0v) is 20.8. The third-order valence-electron chi connectivity index (χ3n) is 5.81. The molecule has 0 spiro atoms. The molecule has 6 nitrogen and oxygen atoms in total. The van der Waals surface area contributed by atoms with Crippen LogP contribution in [-0.2, 0) is 30.3 Å². The lowest BCUT2D eigenvalue weighted by atomic mass is 9.91. The highest BCUT2D eigenvalue weighted by Crippen LogP contribution is 2.29. The van der Waals surface area contributed by atoms with E-state index in [1.54, 1.807) is 0 Å². The Hall–Kier alpha value is -2.70. The van der Waals surface area contributed by atoms with E-state index in [4.69, 9.17) is 11.6 Å². The van der Waals surface area contributed by atoms with E-state index in [-0.39, 0.29) is 12.2 Å². The molecule has 0 amide bonds. The summed E-state index contributed by atoms with van der Waals surface area (Å²) in [6, 6.07) is 14.3. The molecule has 184 valence electrons. The van der Waals surface area contributed by atoms with Crippen LogP contribution in [0.15, 0.2) is 42.5 Å². The Bertz CT molecular complexity index is 985. The number of Topliss-reactive ketones (excluding diaryl/α,β-unsaturated/α-hetero) is 1. The minimum atomic E-state index is -2.19. The highest BCUT2D eigenvalue weighted by Gasteiger charge is 2.41. The maximum atomic E-state index is 12.3. The van der Waals surface area contributed by atoms with Crippen LogP contribution in [0.1, 0.15) is 56.1 Å². The fourth-order valence-corrected chi connectivity index (χ4v) is 4.05. The first-order chi connectivity index (χ1) is 16.2. The molecule has 0 aliphatic heterocycles. The number of unbranched alkanes of at least 4 members (excludes halogenated alkanes) is 3. The molecule has 1 unspecified atom stereocenters. The fourth-order valence-electron chi connectivity index (χ4n) is 3.88. The van der Waals surface area contributed by atoms with Crippen LogP contribution in [0.3, 0.4) is 0 Å². The molecule has 2 aromatic rings. The summed E-state index contributed by atoms with van der Waals surface area (Å²) in [7, 11) is 2.25. The molecule has 2 aromatic carbocycles. The van der Waals surface area contributed by atoms with Gasteiger partial charge in [0.05, 0.1) is 20.6 Å². The Balaban J connectivity index is 1.82. The van der Waals surface area contributed by atoms with E-state index < -0.39 is 30.4 Å². The van der Waals surface area contributed by atoms with E-state index in [2.05, 4.69) is 46.7 Å². The minimum absolute atomic E-state index is 0.218. The van der Waals surface area contributed by atoms with Crippen LogP contribution < -0.4 is 0 Å². The van der Waals surface area contributed by atoms with Crippen molar-refractivity contribution in [2.75, 3.05) is 14.2 Å². The average molecular weight is 489 g/mol. The first-order valence-corrected chi connectivity index (χ1v) is 11.8. The molecule has 0 saturated carbocycles. The number of carbonyl (C=O) groups excluding carboxylic acids is 3. The minimum Gasteiger partial charge on any atom is -0.469 e. The van der Waals surface area contributed by atoms with Crippen molar-refractivity contribution in [2.45, 2.75) is 63.9 Å². The van der Waals surface area contributed by atoms with Gasteiger partial charge < -0.3 is 14.6 Å². The van der Waals surface area contributed by atoms with Crippen LogP contribution >= 0.6 is 11.6 Å². The predicted molar refractivity (Wildman–Crippen MR) is 132 cm³/mol. The average Bonchev–Trinajstić information content (AvgIpc) is 2.81. The molecule has 7 heteroatoms. The van der Waals surface area contributed by atoms with E-state index in [0.717, 1.165) is 51.0 Å². The number of hydrogen-bond acceptors (Lipinski definition) is 6. The zero-order valence-electron chi connectivity index (χ0n) is 20.1. The summed E-state index contributed by atoms with van der Waals surface area (Å²) in [5, 5.41) is 11.2. The van der Waals surface area contributed by atoms with Gasteiger partial charge in [0.1, 0.15) is 5.78 Å². The topological polar surface area (TPSA) is 89.9 Å². The molecule has 0 aliphatic carbocycles. The summed E-state index contributed by atoms with van der Waals surface area (Å²) < 4.78 is 9.07. The highest BCUT2D eigenvalue weighted by atomic mass is 35.5. The number of aryl methyl sites for hydroxylation is 2. The lowest BCUT2D eigenvalue weighted by Gasteiger charge is -2.23. The van der Waals surface area contributed by atoms with E-state index >= 15 is 0 Å². The molecule has 0 aliphatic rings. The first kappa shape index (κ1) is 27.5. The van der Waals surface area contributed by atoms with Crippen LogP contribution in [0.25, 0.3) is 11.1 Å². The van der Waals surface area contributed by atoms with Gasteiger partial charge in [-0.05, 0) is 55.0 Å². The lowest BCUT2D eigenvalue weighted by molar-refractivity contribution is -0.171. The number of benzene rings is 2. The van der Waals surface area contributed by atoms with Crippen LogP contribution in [0.5, 0.6) is 0 Å². The van der Waals surface area contributed by atoms with Gasteiger partial charge in [-0.25, -0.2) is 4.79 Å². The Labute approximate surface area is 206 Å². The van der Waals surface area contributed by atoms with E-state index in [9.17, 15) is 19.5 Å². The van der Waals surface area contributed by atoms with Crippen molar-refractivity contribution in [2.24, 2.45) is 0 Å². The van der Waals surface area contributed by atoms with Crippen LogP contribution in [0.2, 0.25) is 5.02 Å². The molecule has 2 rings (SSSR count). The number of halogens is 1. The van der Waals surface area contributed by atoms with Gasteiger partial charge in [-0.1, -0.05) is 60.3 Å². The van der Waals surface area contributed by atoms with Crippen molar-refractivity contribution in [1.82, 2.24) is 0 Å². The monoisotopic (exact) mass is 488 g/mol. The smallest absolute Gasteiger partial charge is 0.338 e. The Morgan fingerprint density at radius 3 is 2.24 bits per heavy atom. The Morgan fingerprint density at radius 2 is 1.59 bits per heavy atom. The number of rotatable bonds is 13. The van der Waals surface area contributed by atoms with E-state index in [0.29, 0.717) is 11.4 Å². The number of hydrogen-bond donors (Lipinski definition) is 1. The standard InChI is InChI=1S/C27H33ClO6/c1-19-10-12-21(13-11-19)24-16-22(28)15-14-20(24)8-6-4-5-7-9-23(29)17-27(32,26(31)34-3)18-25(30)33-2/h10-16,32H,4-9,17-18H2,1-3H3. The molecule has 0 radical (unpaired) electrons. The molecule has 0 heterocycles. The summed E-state index contributed by atoms with van der Waals surface area (Å²) in [6.07, 6.45) is 3.40. The van der Waals surface area contributed by atoms with Crippen molar-refractivity contribution in [3.8, 4) is 11.1 Å². The van der Waals surface area contributed by atoms with Gasteiger partial charge in [0.15, 0.2) is 5.60 Å². The molecule has 0 aromatic heterocycles. The third-order valence-corrected chi connectivity index (χ3v) is 6.04. The largest absolute Gasteiger partial charge is 0.469 e. The van der Waals surface area contributed by atoms with Gasteiger partial charge in [-0.15, -0.1) is 0 Å². The number of methoxy groups -OCH3 is 2. The summed E-state index contributed by atoms with van der Waals surface area (Å²) >= 11 is 6.24. The number of esters is 2. The van der Waals surface area contributed by atoms with Crippen molar-refractivity contribution in [3.63, 3.8) is 0 Å². The van der Waals surface area contributed by atoms with Gasteiger partial charge in [0.2, 0.25) is 0 Å². The van der Waals surface area contributed by atoms with Gasteiger partial charge in [-0.3, -0.25) is 9.59 Å². The summed E-state index contributed by atoms with van der Waals surface area (Å²) in [6.45, 7) is 2.06. The van der Waals surface area contributed by atoms with Gasteiger partial charge in [0.25, 0.3) is 0 Å². The molecular weight excluding hydrogens is 456 g/mol. The van der Waals surface area contributed by atoms with Crippen molar-refractivity contribution in [3.05, 3.63) is 58.6 Å². The van der Waals surface area contributed by atoms with Gasteiger partial charge in [-0.2, -0.15) is 0 Å². The molecule has 0 saturated heterocycles. The lowest BCUT2D eigenvalue weighted by Crippen LogP contribution is -2.43. The molecule has 0 fully saturated rings. The zero-order chi connectivity index (χ0) is 25.1. The predicted octanol–water partition coefficient (Wildman–Crippen LogP) is 5.23. The SMILES string of the molecule is COC(=O)CC(O)(CC(=O)CCCCCCc1ccc(Cl)cc1-c1ccc(C)cc1)C(=O)OC. The second-order valence-corrected chi connectivity index (χ2v) is 9.01. The normalized spacial score (nSPS) is 12.6. The molecular formula is C27H33ClO6. The summed E-state index contributed by atoms with van der Waals surface area (Å²) in [5.41, 5.74) is 2.52. The third kappa shape index (κ3) is 8.26. The molecule has 1 N–H and O–H groups in total. The van der Waals surface area contributed by atoms with E-state index in [1.165, 1.54) is 11.1 Å². The maximum Gasteiger partial charge on any atom is 0.338 e. The number of aliphatic hydroxyl groups is 1. The summed E-state index contributed by atoms with van der Waals surface area (Å²) in [4.78, 5) is 35.7.